The lowest BCUT2D eigenvalue weighted by molar-refractivity contribution is -0.125. The van der Waals surface area contributed by atoms with Crippen LogP contribution < -0.4 is 16.1 Å². The highest BCUT2D eigenvalue weighted by atomic mass is 35.5. The number of benzene rings is 1. The molecule has 1 aliphatic rings. The number of rotatable bonds is 5. The number of aromatic nitrogens is 1. The Balaban J connectivity index is 1.63. The third-order valence-corrected chi connectivity index (χ3v) is 5.22. The molecule has 0 saturated carbocycles. The summed E-state index contributed by atoms with van der Waals surface area (Å²) in [5.74, 6) is -1.25. The molecule has 11 heteroatoms. The molecular formula is C18H19ClFN5O3S. The maximum atomic E-state index is 13.3. The summed E-state index contributed by atoms with van der Waals surface area (Å²) in [7, 11) is 1.67. The van der Waals surface area contributed by atoms with E-state index in [1.165, 1.54) is 18.2 Å². The highest BCUT2D eigenvalue weighted by Crippen LogP contribution is 2.24. The molecule has 0 bridgehead atoms. The fourth-order valence-corrected chi connectivity index (χ4v) is 3.40. The number of halogens is 2. The van der Waals surface area contributed by atoms with Gasteiger partial charge in [-0.2, -0.15) is 5.48 Å². The monoisotopic (exact) mass is 439 g/mol. The predicted octanol–water partition coefficient (Wildman–Crippen LogP) is 2.29. The Bertz CT molecular complexity index is 876. The van der Waals surface area contributed by atoms with Gasteiger partial charge in [0.15, 0.2) is 0 Å². The maximum Gasteiger partial charge on any atom is 0.242 e. The average molecular weight is 440 g/mol. The van der Waals surface area contributed by atoms with E-state index in [0.29, 0.717) is 12.2 Å². The lowest BCUT2D eigenvalue weighted by atomic mass is 10.1. The van der Waals surface area contributed by atoms with Gasteiger partial charge in [0.2, 0.25) is 11.8 Å². The summed E-state index contributed by atoms with van der Waals surface area (Å²) in [5.41, 5.74) is 3.92. The quantitative estimate of drug-likeness (QED) is 0.486. The van der Waals surface area contributed by atoms with Gasteiger partial charge in [-0.15, -0.1) is 0 Å². The Morgan fingerprint density at radius 1 is 1.34 bits per heavy atom. The second kappa shape index (κ2) is 9.99. The van der Waals surface area contributed by atoms with E-state index in [9.17, 15) is 14.0 Å². The minimum Gasteiger partial charge on any atom is -0.351 e. The molecule has 2 unspecified atom stereocenters. The number of carbonyl (C=O) groups excluding carboxylic acids is 2. The van der Waals surface area contributed by atoms with E-state index >= 15 is 0 Å². The van der Waals surface area contributed by atoms with E-state index in [4.69, 9.17) is 15.9 Å². The van der Waals surface area contributed by atoms with E-state index < -0.39 is 17.9 Å². The minimum absolute atomic E-state index is 0.0928. The second-order valence-electron chi connectivity index (χ2n) is 6.32. The zero-order valence-electron chi connectivity index (χ0n) is 15.4. The lowest BCUT2D eigenvalue weighted by Gasteiger charge is -2.23. The van der Waals surface area contributed by atoms with E-state index in [1.807, 2.05) is 0 Å². The standard InChI is InChI=1S/C18H19ClFN5O3S/c1-25-16(18(27)23-12-2-3-14(20)13(19)8-12)9-15(24-28-29-25)17(26)22-10-11-4-6-21-7-5-11/h2-8,15-16,24H,9-10H2,1H3,(H,22,26)(H,23,27). The van der Waals surface area contributed by atoms with Crippen LogP contribution in [0, 0.1) is 5.82 Å². The molecule has 1 aromatic carbocycles. The predicted molar refractivity (Wildman–Crippen MR) is 108 cm³/mol. The number of likely N-dealkylation sites (N-methyl/N-ethyl adjacent to an activating group) is 1. The van der Waals surface area contributed by atoms with Crippen molar-refractivity contribution in [2.24, 2.45) is 0 Å². The summed E-state index contributed by atoms with van der Waals surface area (Å²) in [5, 5.41) is 5.40. The van der Waals surface area contributed by atoms with Crippen molar-refractivity contribution in [3.63, 3.8) is 0 Å². The fraction of sp³-hybridized carbons (Fsp3) is 0.278. The number of nitrogens with one attached hydrogen (secondary N) is 3. The first-order valence-corrected chi connectivity index (χ1v) is 9.76. The van der Waals surface area contributed by atoms with E-state index in [2.05, 4.69) is 21.1 Å². The number of hydrogen-bond donors (Lipinski definition) is 3. The van der Waals surface area contributed by atoms with Crippen LogP contribution in [0.15, 0.2) is 42.7 Å². The van der Waals surface area contributed by atoms with Crippen LogP contribution in [0.1, 0.15) is 12.0 Å². The van der Waals surface area contributed by atoms with Crippen molar-refractivity contribution < 1.29 is 18.3 Å². The molecule has 1 aliphatic heterocycles. The number of anilines is 1. The Kier molecular flexibility index (Phi) is 7.40. The van der Waals surface area contributed by atoms with Crippen molar-refractivity contribution in [3.8, 4) is 0 Å². The number of pyridine rings is 1. The molecular weight excluding hydrogens is 421 g/mol. The van der Waals surface area contributed by atoms with Crippen LogP contribution >= 0.6 is 23.8 Å². The second-order valence-corrected chi connectivity index (χ2v) is 7.62. The molecule has 2 heterocycles. The van der Waals surface area contributed by atoms with E-state index in [1.54, 1.807) is 35.9 Å². The van der Waals surface area contributed by atoms with Gasteiger partial charge in [0.05, 0.1) is 5.02 Å². The molecule has 3 N–H and O–H groups in total. The molecule has 1 saturated heterocycles. The van der Waals surface area contributed by atoms with Gasteiger partial charge in [-0.25, -0.2) is 13.0 Å². The molecule has 1 fully saturated rings. The van der Waals surface area contributed by atoms with Gasteiger partial charge in [0.1, 0.15) is 30.1 Å². The highest BCUT2D eigenvalue weighted by molar-refractivity contribution is 7.92. The van der Waals surface area contributed by atoms with E-state index in [-0.39, 0.29) is 23.3 Å². The van der Waals surface area contributed by atoms with Gasteiger partial charge >= 0.3 is 0 Å². The Morgan fingerprint density at radius 2 is 2.10 bits per heavy atom. The summed E-state index contributed by atoms with van der Waals surface area (Å²) in [6.45, 7) is 0.327. The number of nitrogens with zero attached hydrogens (tertiary/aromatic N) is 2. The van der Waals surface area contributed by atoms with Crippen LogP contribution in [0.2, 0.25) is 5.02 Å². The first-order valence-electron chi connectivity index (χ1n) is 8.68. The fourth-order valence-electron chi connectivity index (χ4n) is 2.66. The summed E-state index contributed by atoms with van der Waals surface area (Å²) in [6, 6.07) is 6.07. The Morgan fingerprint density at radius 3 is 2.83 bits per heavy atom. The summed E-state index contributed by atoms with van der Waals surface area (Å²) >= 11 is 6.67. The smallest absolute Gasteiger partial charge is 0.242 e. The third-order valence-electron chi connectivity index (χ3n) is 4.27. The summed E-state index contributed by atoms with van der Waals surface area (Å²) in [4.78, 5) is 29.2. The molecule has 3 rings (SSSR count). The zero-order valence-corrected chi connectivity index (χ0v) is 17.0. The van der Waals surface area contributed by atoms with Crippen LogP contribution in [-0.2, 0) is 20.4 Å². The molecule has 0 radical (unpaired) electrons. The topological polar surface area (TPSA) is 95.6 Å². The van der Waals surface area contributed by atoms with Crippen molar-refractivity contribution >= 4 is 41.3 Å². The van der Waals surface area contributed by atoms with Crippen LogP contribution in [-0.4, -0.2) is 40.2 Å². The average Bonchev–Trinajstić information content (AvgIpc) is 2.91. The normalized spacial score (nSPS) is 20.0. The van der Waals surface area contributed by atoms with Crippen LogP contribution in [0.4, 0.5) is 10.1 Å². The SMILES string of the molecule is CN1SONC(C(=O)NCc2ccncc2)CC1C(=O)Nc1ccc(F)c(Cl)c1. The Hall–Kier alpha value is -2.24. The van der Waals surface area contributed by atoms with Gasteiger partial charge < -0.3 is 10.6 Å². The van der Waals surface area contributed by atoms with Crippen molar-refractivity contribution in [2.45, 2.75) is 25.0 Å². The van der Waals surface area contributed by atoms with Gasteiger partial charge in [-0.05, 0) is 42.3 Å². The molecule has 0 spiro atoms. The largest absolute Gasteiger partial charge is 0.351 e. The van der Waals surface area contributed by atoms with Crippen molar-refractivity contribution in [3.05, 3.63) is 59.1 Å². The summed E-state index contributed by atoms with van der Waals surface area (Å²) < 4.78 is 20.1. The number of hydrogen-bond acceptors (Lipinski definition) is 7. The molecule has 2 amide bonds. The highest BCUT2D eigenvalue weighted by Gasteiger charge is 2.34. The number of hydroxylamine groups is 1. The molecule has 0 aliphatic carbocycles. The molecule has 1 aromatic heterocycles. The summed E-state index contributed by atoms with van der Waals surface area (Å²) in [6.07, 6.45) is 3.44. The molecule has 154 valence electrons. The number of carbonyl (C=O) groups is 2. The van der Waals surface area contributed by atoms with Crippen molar-refractivity contribution in [2.75, 3.05) is 12.4 Å². The van der Waals surface area contributed by atoms with Crippen molar-refractivity contribution in [1.82, 2.24) is 20.1 Å². The maximum absolute atomic E-state index is 13.3. The van der Waals surface area contributed by atoms with Gasteiger partial charge in [0.25, 0.3) is 0 Å². The minimum atomic E-state index is -0.748. The zero-order chi connectivity index (χ0) is 20.8. The lowest BCUT2D eigenvalue weighted by Crippen LogP contribution is -2.47. The Labute approximate surface area is 176 Å². The first-order chi connectivity index (χ1) is 13.9. The molecule has 29 heavy (non-hydrogen) atoms. The van der Waals surface area contributed by atoms with E-state index in [0.717, 1.165) is 17.8 Å². The molecule has 2 atom stereocenters. The first kappa shape index (κ1) is 21.5. The molecule has 8 nitrogen and oxygen atoms in total. The van der Waals surface area contributed by atoms with Crippen LogP contribution in [0.5, 0.6) is 0 Å². The van der Waals surface area contributed by atoms with Crippen molar-refractivity contribution in [1.29, 1.82) is 0 Å². The van der Waals surface area contributed by atoms with Crippen LogP contribution in [0.25, 0.3) is 0 Å². The molecule has 2 aromatic rings. The van der Waals surface area contributed by atoms with Gasteiger partial charge in [-0.1, -0.05) is 11.6 Å². The van der Waals surface area contributed by atoms with Gasteiger partial charge in [-0.3, -0.25) is 14.6 Å². The van der Waals surface area contributed by atoms with Crippen LogP contribution in [0.3, 0.4) is 0 Å². The van der Waals surface area contributed by atoms with Gasteiger partial charge in [0, 0.05) is 31.7 Å². The third kappa shape index (κ3) is 5.87. The number of amides is 2.